The Morgan fingerprint density at radius 1 is 0.911 bits per heavy atom. The Kier molecular flexibility index (Phi) is 7.99. The quantitative estimate of drug-likeness (QED) is 0.262. The van der Waals surface area contributed by atoms with Gasteiger partial charge >= 0.3 is 6.18 Å². The van der Waals surface area contributed by atoms with Gasteiger partial charge in [0.1, 0.15) is 0 Å². The van der Waals surface area contributed by atoms with E-state index in [0.29, 0.717) is 43.1 Å². The maximum Gasteiger partial charge on any atom is 0.416 e. The summed E-state index contributed by atoms with van der Waals surface area (Å²) in [7, 11) is 0. The van der Waals surface area contributed by atoms with Crippen LogP contribution < -0.4 is 20.7 Å². The van der Waals surface area contributed by atoms with E-state index in [9.17, 15) is 27.6 Å². The van der Waals surface area contributed by atoms with Crippen LogP contribution >= 0.6 is 0 Å². The number of nitrogens with one attached hydrogen (secondary N) is 1. The molecule has 2 amide bonds. The van der Waals surface area contributed by atoms with Gasteiger partial charge in [0.25, 0.3) is 17.4 Å². The molecule has 1 aromatic heterocycles. The second-order valence-corrected chi connectivity index (χ2v) is 11.8. The summed E-state index contributed by atoms with van der Waals surface area (Å²) < 4.78 is 42.1. The third kappa shape index (κ3) is 6.09. The molecule has 1 N–H and O–H groups in total. The van der Waals surface area contributed by atoms with Crippen molar-refractivity contribution in [1.82, 2.24) is 4.57 Å². The molecule has 0 saturated carbocycles. The molecule has 1 saturated heterocycles. The van der Waals surface area contributed by atoms with Gasteiger partial charge in [-0.15, -0.1) is 0 Å². The minimum absolute atomic E-state index is 0.0263. The van der Waals surface area contributed by atoms with Crippen LogP contribution in [-0.2, 0) is 12.7 Å². The molecule has 7 nitrogen and oxygen atoms in total. The summed E-state index contributed by atoms with van der Waals surface area (Å²) in [6.45, 7) is 5.99. The first-order valence-corrected chi connectivity index (χ1v) is 15.0. The highest BCUT2D eigenvalue weighted by Gasteiger charge is 2.36. The van der Waals surface area contributed by atoms with Gasteiger partial charge in [-0.25, -0.2) is 0 Å². The van der Waals surface area contributed by atoms with E-state index in [1.165, 1.54) is 12.1 Å². The smallest absolute Gasteiger partial charge is 0.369 e. The molecular formula is C35H33F3N4O3. The number of hydrogen-bond acceptors (Lipinski definition) is 4. The fraction of sp³-hybridized carbons (Fsp3) is 0.286. The Bertz CT molecular complexity index is 1830. The second kappa shape index (κ2) is 11.9. The van der Waals surface area contributed by atoms with Gasteiger partial charge in [-0.05, 0) is 86.3 Å². The summed E-state index contributed by atoms with van der Waals surface area (Å²) in [6, 6.07) is 22.3. The number of fused-ring (bicyclic) bond motifs is 4. The van der Waals surface area contributed by atoms with Crippen LogP contribution in [-0.4, -0.2) is 36.0 Å². The molecule has 3 aromatic carbocycles. The van der Waals surface area contributed by atoms with Crippen molar-refractivity contribution in [3.8, 4) is 0 Å². The highest BCUT2D eigenvalue weighted by molar-refractivity contribution is 6.10. The highest BCUT2D eigenvalue weighted by atomic mass is 19.4. The number of anilines is 3. The minimum atomic E-state index is -4.60. The summed E-state index contributed by atoms with van der Waals surface area (Å²) >= 11 is 0. The van der Waals surface area contributed by atoms with E-state index in [1.54, 1.807) is 35.2 Å². The van der Waals surface area contributed by atoms with Gasteiger partial charge in [0.05, 0.1) is 16.9 Å². The van der Waals surface area contributed by atoms with Crippen LogP contribution in [0.15, 0.2) is 89.7 Å². The number of amides is 2. The van der Waals surface area contributed by atoms with Gasteiger partial charge in [-0.2, -0.15) is 13.2 Å². The average Bonchev–Trinajstić information content (AvgIpc) is 3.01. The van der Waals surface area contributed by atoms with Crippen LogP contribution in [0.4, 0.5) is 30.2 Å². The van der Waals surface area contributed by atoms with E-state index in [1.807, 2.05) is 48.7 Å². The first kappa shape index (κ1) is 30.2. The van der Waals surface area contributed by atoms with E-state index in [0.717, 1.165) is 35.5 Å². The van der Waals surface area contributed by atoms with Crippen molar-refractivity contribution in [3.63, 3.8) is 0 Å². The van der Waals surface area contributed by atoms with Crippen molar-refractivity contribution in [2.75, 3.05) is 34.8 Å². The first-order valence-electron chi connectivity index (χ1n) is 15.0. The monoisotopic (exact) mass is 614 g/mol. The number of carbonyl (C=O) groups is 2. The Labute approximate surface area is 258 Å². The number of nitrogens with zero attached hydrogens (tertiary/aromatic N) is 3. The molecule has 45 heavy (non-hydrogen) atoms. The van der Waals surface area contributed by atoms with Crippen LogP contribution in [0.25, 0.3) is 0 Å². The topological polar surface area (TPSA) is 74.7 Å². The maximum absolute atomic E-state index is 13.8. The first-order chi connectivity index (χ1) is 21.5. The largest absolute Gasteiger partial charge is 0.416 e. The van der Waals surface area contributed by atoms with Crippen molar-refractivity contribution in [2.24, 2.45) is 5.92 Å². The molecular weight excluding hydrogens is 581 g/mol. The number of piperidine rings is 1. The number of alkyl halides is 3. The SMILES string of the molecule is CCN(C(=O)c1ccc(N2CC3CC(C2)c2cccc(=O)n2C3)c(NC(=O)c2cccc(C(F)(F)F)c2)c1)c1cccc(C)c1. The van der Waals surface area contributed by atoms with E-state index in [2.05, 4.69) is 10.2 Å². The van der Waals surface area contributed by atoms with Crippen LogP contribution in [0.3, 0.4) is 0 Å². The van der Waals surface area contributed by atoms with Crippen molar-refractivity contribution in [3.05, 3.63) is 123 Å². The standard InChI is InChI=1S/C35H33F3N4O3/c1-3-41(28-10-4-7-22(2)15-28)34(45)25-13-14-31(29(18-25)39-33(44)24-8-5-9-27(17-24)35(36,37)38)40-19-23-16-26(21-40)30-11-6-12-32(43)42(30)20-23/h4-15,17-18,23,26H,3,16,19-21H2,1-2H3,(H,39,44). The molecule has 232 valence electrons. The van der Waals surface area contributed by atoms with Gasteiger partial charge in [-0.1, -0.05) is 24.3 Å². The summed E-state index contributed by atoms with van der Waals surface area (Å²) in [6.07, 6.45) is -3.68. The third-order valence-corrected chi connectivity index (χ3v) is 8.64. The maximum atomic E-state index is 13.8. The number of benzene rings is 3. The molecule has 2 aliphatic heterocycles. The van der Waals surface area contributed by atoms with Crippen LogP contribution in [0, 0.1) is 12.8 Å². The molecule has 2 bridgehead atoms. The predicted molar refractivity (Wildman–Crippen MR) is 168 cm³/mol. The minimum Gasteiger partial charge on any atom is -0.369 e. The van der Waals surface area contributed by atoms with Crippen molar-refractivity contribution < 1.29 is 22.8 Å². The zero-order valence-electron chi connectivity index (χ0n) is 25.0. The number of aromatic nitrogens is 1. The Balaban J connectivity index is 1.37. The molecule has 10 heteroatoms. The summed E-state index contributed by atoms with van der Waals surface area (Å²) in [5.74, 6) is -0.724. The zero-order chi connectivity index (χ0) is 31.9. The van der Waals surface area contributed by atoms with Crippen molar-refractivity contribution >= 4 is 28.9 Å². The molecule has 2 atom stereocenters. The number of pyridine rings is 1. The molecule has 3 heterocycles. The molecule has 0 radical (unpaired) electrons. The average molecular weight is 615 g/mol. The summed E-state index contributed by atoms with van der Waals surface area (Å²) in [5, 5.41) is 2.82. The fourth-order valence-corrected chi connectivity index (χ4v) is 6.56. The van der Waals surface area contributed by atoms with Gasteiger partial charge in [0.2, 0.25) is 0 Å². The number of aryl methyl sites for hydroxylation is 1. The second-order valence-electron chi connectivity index (χ2n) is 11.8. The van der Waals surface area contributed by atoms with Crippen LogP contribution in [0.1, 0.15) is 56.8 Å². The number of rotatable bonds is 6. The molecule has 0 aliphatic carbocycles. The van der Waals surface area contributed by atoms with E-state index in [4.69, 9.17) is 0 Å². The predicted octanol–water partition coefficient (Wildman–Crippen LogP) is 6.72. The van der Waals surface area contributed by atoms with Crippen LogP contribution in [0.5, 0.6) is 0 Å². The molecule has 4 aromatic rings. The number of halogens is 3. The van der Waals surface area contributed by atoms with Gasteiger partial charge in [-0.3, -0.25) is 14.4 Å². The normalized spacial score (nSPS) is 17.4. The lowest BCUT2D eigenvalue weighted by atomic mass is 9.83. The Hall–Kier alpha value is -4.86. The number of carbonyl (C=O) groups excluding carboxylic acids is 2. The molecule has 2 unspecified atom stereocenters. The van der Waals surface area contributed by atoms with Gasteiger partial charge in [0, 0.05) is 60.7 Å². The van der Waals surface area contributed by atoms with E-state index >= 15 is 0 Å². The lowest BCUT2D eigenvalue weighted by molar-refractivity contribution is -0.137. The van der Waals surface area contributed by atoms with Crippen molar-refractivity contribution in [1.29, 1.82) is 0 Å². The fourth-order valence-electron chi connectivity index (χ4n) is 6.56. The lowest BCUT2D eigenvalue weighted by Gasteiger charge is -2.44. The molecule has 6 rings (SSSR count). The highest BCUT2D eigenvalue weighted by Crippen LogP contribution is 2.40. The third-order valence-electron chi connectivity index (χ3n) is 8.64. The van der Waals surface area contributed by atoms with E-state index in [-0.39, 0.29) is 28.9 Å². The van der Waals surface area contributed by atoms with Crippen LogP contribution in [0.2, 0.25) is 0 Å². The van der Waals surface area contributed by atoms with Crippen molar-refractivity contribution in [2.45, 2.75) is 38.9 Å². The molecule has 1 fully saturated rings. The molecule has 0 spiro atoms. The zero-order valence-corrected chi connectivity index (χ0v) is 25.0. The van der Waals surface area contributed by atoms with E-state index < -0.39 is 17.6 Å². The van der Waals surface area contributed by atoms with Gasteiger partial charge < -0.3 is 19.7 Å². The Morgan fingerprint density at radius 3 is 2.44 bits per heavy atom. The Morgan fingerprint density at radius 2 is 1.69 bits per heavy atom. The number of hydrogen-bond donors (Lipinski definition) is 1. The van der Waals surface area contributed by atoms with Gasteiger partial charge in [0.15, 0.2) is 0 Å². The summed E-state index contributed by atoms with van der Waals surface area (Å²) in [4.78, 5) is 43.5. The summed E-state index contributed by atoms with van der Waals surface area (Å²) in [5.41, 5.74) is 2.92. The lowest BCUT2D eigenvalue weighted by Crippen LogP contribution is -2.47. The molecule has 2 aliphatic rings.